The molecule has 0 unspecified atom stereocenters. The van der Waals surface area contributed by atoms with Crippen LogP contribution in [0.5, 0.6) is 0 Å². The maximum absolute atomic E-state index is 12.4. The Labute approximate surface area is 140 Å². The van der Waals surface area contributed by atoms with E-state index in [0.717, 1.165) is 19.3 Å². The van der Waals surface area contributed by atoms with Gasteiger partial charge in [0.2, 0.25) is 5.89 Å². The van der Waals surface area contributed by atoms with Gasteiger partial charge in [-0.15, -0.1) is 0 Å². The first-order chi connectivity index (χ1) is 11.6. The van der Waals surface area contributed by atoms with Gasteiger partial charge in [-0.05, 0) is 44.7 Å². The summed E-state index contributed by atoms with van der Waals surface area (Å²) in [5.74, 6) is 1.20. The summed E-state index contributed by atoms with van der Waals surface area (Å²) in [6.07, 6.45) is 5.12. The molecule has 2 aliphatic rings. The maximum Gasteiger partial charge on any atom is 0.267 e. The molecular formula is C17H22N4O3. The highest BCUT2D eigenvalue weighted by atomic mass is 16.5. The highest BCUT2D eigenvalue weighted by Crippen LogP contribution is 2.38. The number of aromatic nitrogens is 3. The first-order valence-corrected chi connectivity index (χ1v) is 8.55. The van der Waals surface area contributed by atoms with E-state index in [1.54, 1.807) is 6.92 Å². The van der Waals surface area contributed by atoms with E-state index in [0.29, 0.717) is 36.4 Å². The first-order valence-electron chi connectivity index (χ1n) is 8.55. The average Bonchev–Trinajstić information content (AvgIpc) is 2.97. The Kier molecular flexibility index (Phi) is 3.88. The Balaban J connectivity index is 1.35. The van der Waals surface area contributed by atoms with E-state index in [1.807, 2.05) is 22.9 Å². The number of hydrogen-bond donors (Lipinski definition) is 2. The minimum atomic E-state index is -0.460. The van der Waals surface area contributed by atoms with Crippen molar-refractivity contribution in [3.8, 4) is 0 Å². The molecule has 2 fully saturated rings. The van der Waals surface area contributed by atoms with E-state index in [1.165, 1.54) is 0 Å². The van der Waals surface area contributed by atoms with Gasteiger partial charge in [-0.2, -0.15) is 4.98 Å². The second-order valence-corrected chi connectivity index (χ2v) is 6.92. The van der Waals surface area contributed by atoms with Crippen LogP contribution in [-0.4, -0.2) is 38.4 Å². The molecule has 2 aromatic heterocycles. The topological polar surface area (TPSA) is 93.2 Å². The van der Waals surface area contributed by atoms with Crippen LogP contribution in [0.1, 0.15) is 59.8 Å². The first kappa shape index (κ1) is 15.4. The van der Waals surface area contributed by atoms with Crippen LogP contribution in [0.4, 0.5) is 0 Å². The van der Waals surface area contributed by atoms with Crippen LogP contribution in [0.15, 0.2) is 22.9 Å². The van der Waals surface area contributed by atoms with Gasteiger partial charge in [-0.25, -0.2) is 0 Å². The quantitative estimate of drug-likeness (QED) is 0.872. The number of rotatable bonds is 5. The highest BCUT2D eigenvalue weighted by molar-refractivity contribution is 5.92. The lowest BCUT2D eigenvalue weighted by Gasteiger charge is -2.15. The van der Waals surface area contributed by atoms with E-state index in [2.05, 4.69) is 15.5 Å². The number of nitrogens with zero attached hydrogens (tertiary/aromatic N) is 3. The number of aliphatic hydroxyl groups excluding tert-OH is 1. The Morgan fingerprint density at radius 1 is 1.46 bits per heavy atom. The molecule has 7 heteroatoms. The monoisotopic (exact) mass is 330 g/mol. The van der Waals surface area contributed by atoms with Crippen LogP contribution >= 0.6 is 0 Å². The fourth-order valence-corrected chi connectivity index (χ4v) is 3.57. The summed E-state index contributed by atoms with van der Waals surface area (Å²) in [7, 11) is 0. The number of nitrogens with one attached hydrogen (secondary N) is 1. The zero-order valence-corrected chi connectivity index (χ0v) is 13.7. The second kappa shape index (κ2) is 6.05. The summed E-state index contributed by atoms with van der Waals surface area (Å²) in [4.78, 5) is 16.7. The molecular weight excluding hydrogens is 308 g/mol. The van der Waals surface area contributed by atoms with E-state index in [9.17, 15) is 9.90 Å². The van der Waals surface area contributed by atoms with Crippen molar-refractivity contribution in [1.82, 2.24) is 20.0 Å². The summed E-state index contributed by atoms with van der Waals surface area (Å²) >= 11 is 0. The Bertz CT molecular complexity index is 734. The SMILES string of the molecule is Cc1noc([C@H]2C[C@H](CNC(=O)c3cccn3C3CC3)[C@H](O)C2)n1. The summed E-state index contributed by atoms with van der Waals surface area (Å²) in [6.45, 7) is 2.24. The van der Waals surface area contributed by atoms with Crippen LogP contribution in [0, 0.1) is 12.8 Å². The lowest BCUT2D eigenvalue weighted by molar-refractivity contribution is 0.0907. The molecule has 0 aromatic carbocycles. The number of carbonyl (C=O) groups excluding carboxylic acids is 1. The predicted octanol–water partition coefficient (Wildman–Crippen LogP) is 1.80. The van der Waals surface area contributed by atoms with Crippen LogP contribution in [0.3, 0.4) is 0 Å². The van der Waals surface area contributed by atoms with Crippen LogP contribution in [0.2, 0.25) is 0 Å². The molecule has 0 aliphatic heterocycles. The lowest BCUT2D eigenvalue weighted by atomic mass is 10.0. The van der Waals surface area contributed by atoms with Crippen molar-refractivity contribution in [2.45, 2.75) is 50.7 Å². The molecule has 2 N–H and O–H groups in total. The fourth-order valence-electron chi connectivity index (χ4n) is 3.57. The summed E-state index contributed by atoms with van der Waals surface area (Å²) in [6, 6.07) is 4.23. The third-order valence-corrected chi connectivity index (χ3v) is 5.03. The van der Waals surface area contributed by atoms with E-state index >= 15 is 0 Å². The second-order valence-electron chi connectivity index (χ2n) is 6.92. The molecule has 0 bridgehead atoms. The number of aliphatic hydroxyl groups is 1. The molecule has 128 valence electrons. The predicted molar refractivity (Wildman–Crippen MR) is 85.5 cm³/mol. The van der Waals surface area contributed by atoms with Gasteiger partial charge in [0.15, 0.2) is 5.82 Å². The molecule has 2 aromatic rings. The van der Waals surface area contributed by atoms with E-state index in [-0.39, 0.29) is 17.7 Å². The van der Waals surface area contributed by atoms with Gasteiger partial charge < -0.3 is 19.5 Å². The van der Waals surface area contributed by atoms with Crippen molar-refractivity contribution < 1.29 is 14.4 Å². The number of carbonyl (C=O) groups is 1. The molecule has 4 rings (SSSR count). The lowest BCUT2D eigenvalue weighted by Crippen LogP contribution is -2.33. The molecule has 0 saturated heterocycles. The molecule has 0 spiro atoms. The Morgan fingerprint density at radius 3 is 3.00 bits per heavy atom. The fraction of sp³-hybridized carbons (Fsp3) is 0.588. The molecule has 3 atom stereocenters. The summed E-state index contributed by atoms with van der Waals surface area (Å²) in [5.41, 5.74) is 0.703. The van der Waals surface area contributed by atoms with Crippen molar-refractivity contribution in [1.29, 1.82) is 0 Å². The molecule has 24 heavy (non-hydrogen) atoms. The number of hydrogen-bond acceptors (Lipinski definition) is 5. The van der Waals surface area contributed by atoms with Crippen LogP contribution < -0.4 is 5.32 Å². The van der Waals surface area contributed by atoms with Gasteiger partial charge in [0, 0.05) is 30.6 Å². The van der Waals surface area contributed by atoms with Gasteiger partial charge in [0.1, 0.15) is 5.69 Å². The van der Waals surface area contributed by atoms with Gasteiger partial charge >= 0.3 is 0 Å². The maximum atomic E-state index is 12.4. The van der Waals surface area contributed by atoms with Crippen molar-refractivity contribution in [3.63, 3.8) is 0 Å². The average molecular weight is 330 g/mol. The Morgan fingerprint density at radius 2 is 2.29 bits per heavy atom. The standard InChI is InChI=1S/C17H22N4O3/c1-10-19-17(24-20-10)11-7-12(15(22)8-11)9-18-16(23)14-3-2-6-21(14)13-4-5-13/h2-3,6,11-13,15,22H,4-5,7-9H2,1H3,(H,18,23)/t11-,12+,15+/m0/s1. The van der Waals surface area contributed by atoms with E-state index in [4.69, 9.17) is 4.52 Å². The van der Waals surface area contributed by atoms with E-state index < -0.39 is 6.10 Å². The van der Waals surface area contributed by atoms with Crippen molar-refractivity contribution in [2.75, 3.05) is 6.54 Å². The van der Waals surface area contributed by atoms with Crippen molar-refractivity contribution >= 4 is 5.91 Å². The molecule has 2 saturated carbocycles. The van der Waals surface area contributed by atoms with Gasteiger partial charge in [0.05, 0.1) is 6.10 Å². The van der Waals surface area contributed by atoms with Crippen LogP contribution in [-0.2, 0) is 0 Å². The number of aryl methyl sites for hydroxylation is 1. The Hall–Kier alpha value is -2.15. The largest absolute Gasteiger partial charge is 0.393 e. The molecule has 2 aliphatic carbocycles. The third-order valence-electron chi connectivity index (χ3n) is 5.03. The summed E-state index contributed by atoms with van der Waals surface area (Å²) < 4.78 is 7.26. The molecule has 2 heterocycles. The molecule has 0 radical (unpaired) electrons. The smallest absolute Gasteiger partial charge is 0.267 e. The zero-order chi connectivity index (χ0) is 16.7. The zero-order valence-electron chi connectivity index (χ0n) is 13.7. The van der Waals surface area contributed by atoms with Crippen molar-refractivity contribution in [3.05, 3.63) is 35.7 Å². The molecule has 7 nitrogen and oxygen atoms in total. The summed E-state index contributed by atoms with van der Waals surface area (Å²) in [5, 5.41) is 17.1. The van der Waals surface area contributed by atoms with Crippen LogP contribution in [0.25, 0.3) is 0 Å². The molecule has 1 amide bonds. The van der Waals surface area contributed by atoms with Gasteiger partial charge in [-0.3, -0.25) is 4.79 Å². The highest BCUT2D eigenvalue weighted by Gasteiger charge is 2.37. The third kappa shape index (κ3) is 2.96. The minimum Gasteiger partial charge on any atom is -0.393 e. The van der Waals surface area contributed by atoms with Gasteiger partial charge in [-0.1, -0.05) is 5.16 Å². The minimum absolute atomic E-state index is 0.00972. The number of amides is 1. The van der Waals surface area contributed by atoms with Gasteiger partial charge in [0.25, 0.3) is 5.91 Å². The van der Waals surface area contributed by atoms with Crippen molar-refractivity contribution in [2.24, 2.45) is 5.92 Å². The normalized spacial score (nSPS) is 26.7.